The van der Waals surface area contributed by atoms with Gasteiger partial charge in [0.2, 0.25) is 0 Å². The maximum atomic E-state index is 5.15. The zero-order valence-electron chi connectivity index (χ0n) is 25.8. The van der Waals surface area contributed by atoms with Crippen LogP contribution < -0.4 is 0 Å². The second kappa shape index (κ2) is 10.5. The molecule has 0 radical (unpaired) electrons. The molecule has 0 aliphatic rings. The van der Waals surface area contributed by atoms with Gasteiger partial charge in [0, 0.05) is 38.5 Å². The Hall–Kier alpha value is -6.59. The van der Waals surface area contributed by atoms with Crippen molar-refractivity contribution in [1.82, 2.24) is 23.9 Å². The first-order valence-corrected chi connectivity index (χ1v) is 16.1. The van der Waals surface area contributed by atoms with Crippen molar-refractivity contribution in [3.63, 3.8) is 0 Å². The van der Waals surface area contributed by atoms with E-state index in [1.165, 1.54) is 16.2 Å². The average molecular weight is 614 g/mol. The third kappa shape index (κ3) is 4.01. The second-order valence-corrected chi connectivity index (χ2v) is 12.1. The van der Waals surface area contributed by atoms with Gasteiger partial charge in [0.15, 0.2) is 5.82 Å². The molecule has 0 unspecified atom stereocenters. The van der Waals surface area contributed by atoms with Crippen molar-refractivity contribution in [3.05, 3.63) is 164 Å². The number of fused-ring (bicyclic) bond motifs is 10. The zero-order valence-corrected chi connectivity index (χ0v) is 25.8. The molecular weight excluding hydrogens is 587 g/mol. The van der Waals surface area contributed by atoms with E-state index in [-0.39, 0.29) is 0 Å². The topological polar surface area (TPSA) is 48.0 Å². The van der Waals surface area contributed by atoms with Gasteiger partial charge >= 0.3 is 0 Å². The lowest BCUT2D eigenvalue weighted by Crippen LogP contribution is -2.00. The summed E-state index contributed by atoms with van der Waals surface area (Å²) in [6, 6.07) is 57.0. The Kier molecular flexibility index (Phi) is 5.81. The summed E-state index contributed by atoms with van der Waals surface area (Å²) < 4.78 is 4.71. The fourth-order valence-corrected chi connectivity index (χ4v) is 7.13. The van der Waals surface area contributed by atoms with E-state index >= 15 is 0 Å². The normalized spacial score (nSPS) is 11.8. The van der Waals surface area contributed by atoms with E-state index in [0.717, 1.165) is 67.0 Å². The van der Waals surface area contributed by atoms with E-state index in [0.29, 0.717) is 5.82 Å². The van der Waals surface area contributed by atoms with Gasteiger partial charge in [-0.2, -0.15) is 0 Å². The van der Waals surface area contributed by atoms with Crippen LogP contribution in [0.15, 0.2) is 164 Å². The van der Waals surface area contributed by atoms with E-state index in [4.69, 9.17) is 15.0 Å². The number of aromatic nitrogens is 5. The molecule has 0 saturated heterocycles. The molecule has 0 N–H and O–H groups in total. The first kappa shape index (κ1) is 26.6. The van der Waals surface area contributed by atoms with Gasteiger partial charge in [0.25, 0.3) is 0 Å². The predicted molar refractivity (Wildman–Crippen MR) is 196 cm³/mol. The maximum absolute atomic E-state index is 5.15. The summed E-state index contributed by atoms with van der Waals surface area (Å²) in [7, 11) is 0. The van der Waals surface area contributed by atoms with Crippen LogP contribution in [0.3, 0.4) is 0 Å². The minimum Gasteiger partial charge on any atom is -0.295 e. The highest BCUT2D eigenvalue weighted by atomic mass is 15.1. The van der Waals surface area contributed by atoms with Crippen molar-refractivity contribution in [3.8, 4) is 39.6 Å². The van der Waals surface area contributed by atoms with E-state index in [2.05, 4.69) is 136 Å². The molecule has 48 heavy (non-hydrogen) atoms. The minimum atomic E-state index is 0.693. The molecule has 0 amide bonds. The van der Waals surface area contributed by atoms with Gasteiger partial charge < -0.3 is 0 Å². The summed E-state index contributed by atoms with van der Waals surface area (Å²) in [6.45, 7) is 0. The molecule has 0 aliphatic carbocycles. The van der Waals surface area contributed by atoms with Gasteiger partial charge in [0.05, 0.1) is 27.9 Å². The number of nitrogens with zero attached hydrogens (tertiary/aromatic N) is 5. The largest absolute Gasteiger partial charge is 0.295 e. The summed E-state index contributed by atoms with van der Waals surface area (Å²) in [4.78, 5) is 15.3. The highest BCUT2D eigenvalue weighted by Crippen LogP contribution is 2.40. The lowest BCUT2D eigenvalue weighted by atomic mass is 10.1. The van der Waals surface area contributed by atoms with E-state index < -0.39 is 0 Å². The van der Waals surface area contributed by atoms with Crippen LogP contribution in [0.2, 0.25) is 0 Å². The monoisotopic (exact) mass is 613 g/mol. The lowest BCUT2D eigenvalue weighted by molar-refractivity contribution is 1.11. The molecule has 0 atom stereocenters. The summed E-state index contributed by atoms with van der Waals surface area (Å²) >= 11 is 0. The minimum absolute atomic E-state index is 0.693. The van der Waals surface area contributed by atoms with Crippen LogP contribution in [0.5, 0.6) is 0 Å². The van der Waals surface area contributed by atoms with Gasteiger partial charge in [-0.15, -0.1) is 0 Å². The van der Waals surface area contributed by atoms with Crippen molar-refractivity contribution < 1.29 is 0 Å². The van der Waals surface area contributed by atoms with Gasteiger partial charge in [-0.3, -0.25) is 8.97 Å². The molecule has 5 nitrogen and oxygen atoms in total. The Morgan fingerprint density at radius 3 is 1.67 bits per heavy atom. The van der Waals surface area contributed by atoms with Crippen LogP contribution in [-0.2, 0) is 0 Å². The predicted octanol–water partition coefficient (Wildman–Crippen LogP) is 10.5. The Balaban J connectivity index is 1.22. The number of hydrogen-bond acceptors (Lipinski definition) is 3. The molecule has 224 valence electrons. The first-order valence-electron chi connectivity index (χ1n) is 16.1. The fraction of sp³-hybridized carbons (Fsp3) is 0. The number of pyridine rings is 1. The standard InChI is InChI=1S/C43H27N5/c1-3-13-28(14-4-1)36-27-37(29-15-5-2-6-16-29)45-41(44-36)30-23-25-31(26-24-30)47-38-21-11-9-19-34(38)40-32-17-7-8-18-33(32)42-46-35-20-10-12-22-39(35)48(42)43(40)47/h1-27H. The highest BCUT2D eigenvalue weighted by molar-refractivity contribution is 6.23. The van der Waals surface area contributed by atoms with Gasteiger partial charge in [-0.1, -0.05) is 115 Å². The van der Waals surface area contributed by atoms with Crippen molar-refractivity contribution in [2.75, 3.05) is 0 Å². The Bertz CT molecular complexity index is 2760. The Morgan fingerprint density at radius 2 is 0.979 bits per heavy atom. The van der Waals surface area contributed by atoms with Crippen LogP contribution >= 0.6 is 0 Å². The van der Waals surface area contributed by atoms with Crippen molar-refractivity contribution in [2.24, 2.45) is 0 Å². The zero-order chi connectivity index (χ0) is 31.6. The molecule has 10 rings (SSSR count). The molecule has 0 bridgehead atoms. The van der Waals surface area contributed by atoms with Gasteiger partial charge in [0.1, 0.15) is 11.3 Å². The molecule has 4 heterocycles. The molecule has 10 aromatic rings. The van der Waals surface area contributed by atoms with E-state index in [1.54, 1.807) is 0 Å². The Labute approximate surface area is 276 Å². The number of benzene rings is 6. The first-order chi connectivity index (χ1) is 23.8. The Morgan fingerprint density at radius 1 is 0.417 bits per heavy atom. The van der Waals surface area contributed by atoms with Gasteiger partial charge in [-0.05, 0) is 53.9 Å². The van der Waals surface area contributed by atoms with Crippen molar-refractivity contribution in [1.29, 1.82) is 0 Å². The molecular formula is C43H27N5. The molecule has 6 aromatic carbocycles. The van der Waals surface area contributed by atoms with Crippen LogP contribution in [0.4, 0.5) is 0 Å². The summed E-state index contributed by atoms with van der Waals surface area (Å²) in [5.74, 6) is 0.693. The summed E-state index contributed by atoms with van der Waals surface area (Å²) in [5.41, 5.74) is 11.2. The number of hydrogen-bond donors (Lipinski definition) is 0. The third-order valence-corrected chi connectivity index (χ3v) is 9.31. The number of rotatable bonds is 4. The maximum Gasteiger partial charge on any atom is 0.160 e. The van der Waals surface area contributed by atoms with Crippen LogP contribution in [0.1, 0.15) is 0 Å². The molecule has 0 aliphatic heterocycles. The number of imidazole rings is 1. The average Bonchev–Trinajstić information content (AvgIpc) is 3.72. The quantitative estimate of drug-likeness (QED) is 0.198. The van der Waals surface area contributed by atoms with Gasteiger partial charge in [-0.25, -0.2) is 15.0 Å². The van der Waals surface area contributed by atoms with Crippen LogP contribution in [0.25, 0.3) is 89.0 Å². The molecule has 0 spiro atoms. The summed E-state index contributed by atoms with van der Waals surface area (Å²) in [5, 5.41) is 4.76. The van der Waals surface area contributed by atoms with Crippen LogP contribution in [0, 0.1) is 0 Å². The third-order valence-electron chi connectivity index (χ3n) is 9.31. The van der Waals surface area contributed by atoms with E-state index in [9.17, 15) is 0 Å². The van der Waals surface area contributed by atoms with Crippen molar-refractivity contribution in [2.45, 2.75) is 0 Å². The molecule has 0 fully saturated rings. The molecule has 4 aromatic heterocycles. The number of para-hydroxylation sites is 3. The SMILES string of the molecule is c1ccc(-c2cc(-c3ccccc3)nc(-c3ccc(-n4c5ccccc5c5c6ccccc6c6nc7ccccc7n6c54)cc3)n2)cc1. The second-order valence-electron chi connectivity index (χ2n) is 12.1. The fourth-order valence-electron chi connectivity index (χ4n) is 7.13. The van der Waals surface area contributed by atoms with Crippen molar-refractivity contribution >= 4 is 49.4 Å². The highest BCUT2D eigenvalue weighted by Gasteiger charge is 2.21. The summed E-state index contributed by atoms with van der Waals surface area (Å²) in [6.07, 6.45) is 0. The van der Waals surface area contributed by atoms with Crippen LogP contribution in [-0.4, -0.2) is 23.9 Å². The smallest absolute Gasteiger partial charge is 0.160 e. The van der Waals surface area contributed by atoms with E-state index in [1.807, 2.05) is 36.4 Å². The lowest BCUT2D eigenvalue weighted by Gasteiger charge is -2.13. The molecule has 0 saturated carbocycles. The molecule has 5 heteroatoms.